The summed E-state index contributed by atoms with van der Waals surface area (Å²) in [7, 11) is 0. The summed E-state index contributed by atoms with van der Waals surface area (Å²) in [5.74, 6) is 0.491. The van der Waals surface area contributed by atoms with Crippen molar-refractivity contribution in [2.24, 2.45) is 0 Å². The molecule has 1 aromatic rings. The van der Waals surface area contributed by atoms with Gasteiger partial charge in [-0.3, -0.25) is 0 Å². The van der Waals surface area contributed by atoms with Gasteiger partial charge in [-0.2, -0.15) is 0 Å². The number of allylic oxidation sites excluding steroid dienone is 2. The van der Waals surface area contributed by atoms with Crippen LogP contribution in [-0.2, 0) is 0 Å². The molecule has 1 rings (SSSR count). The van der Waals surface area contributed by atoms with Gasteiger partial charge in [0, 0.05) is 15.9 Å². The van der Waals surface area contributed by atoms with Crippen LogP contribution in [0.5, 0.6) is 0 Å². The van der Waals surface area contributed by atoms with Gasteiger partial charge in [0.05, 0.1) is 0 Å². The second-order valence-corrected chi connectivity index (χ2v) is 3.82. The van der Waals surface area contributed by atoms with E-state index in [1.807, 2.05) is 25.1 Å². The molecule has 0 bridgehead atoms. The summed E-state index contributed by atoms with van der Waals surface area (Å²) in [5.41, 5.74) is 2.04. The molecule has 0 amide bonds. The van der Waals surface area contributed by atoms with E-state index >= 15 is 0 Å². The zero-order chi connectivity index (χ0) is 9.84. The molecule has 3 heteroatoms. The third kappa shape index (κ3) is 2.91. The highest BCUT2D eigenvalue weighted by molar-refractivity contribution is 6.35. The highest BCUT2D eigenvalue weighted by Crippen LogP contribution is 2.26. The van der Waals surface area contributed by atoms with E-state index in [9.17, 15) is 0 Å². The second kappa shape index (κ2) is 4.90. The van der Waals surface area contributed by atoms with Gasteiger partial charge in [-0.05, 0) is 30.2 Å². The summed E-state index contributed by atoms with van der Waals surface area (Å²) in [6.45, 7) is 1.97. The summed E-state index contributed by atoms with van der Waals surface area (Å²) in [6, 6.07) is 5.43. The van der Waals surface area contributed by atoms with Crippen LogP contribution in [0.25, 0.3) is 5.57 Å². The molecule has 0 fully saturated rings. The lowest BCUT2D eigenvalue weighted by molar-refractivity contribution is 1.54. The summed E-state index contributed by atoms with van der Waals surface area (Å²) < 4.78 is 0. The van der Waals surface area contributed by atoms with Gasteiger partial charge in [-0.25, -0.2) is 0 Å². The van der Waals surface area contributed by atoms with E-state index in [1.54, 1.807) is 6.07 Å². The maximum atomic E-state index is 5.99. The van der Waals surface area contributed by atoms with Gasteiger partial charge in [0.25, 0.3) is 0 Å². The van der Waals surface area contributed by atoms with Crippen LogP contribution >= 0.6 is 34.8 Å². The maximum Gasteiger partial charge on any atom is 0.0495 e. The number of hydrogen-bond donors (Lipinski definition) is 0. The lowest BCUT2D eigenvalue weighted by atomic mass is 10.1. The lowest BCUT2D eigenvalue weighted by Gasteiger charge is -2.04. The third-order valence-electron chi connectivity index (χ3n) is 1.74. The van der Waals surface area contributed by atoms with Gasteiger partial charge in [0.15, 0.2) is 0 Å². The van der Waals surface area contributed by atoms with Crippen molar-refractivity contribution < 1.29 is 0 Å². The van der Waals surface area contributed by atoms with Gasteiger partial charge in [0.1, 0.15) is 0 Å². The van der Waals surface area contributed by atoms with Gasteiger partial charge >= 0.3 is 0 Å². The number of halogens is 3. The number of rotatable bonds is 2. The minimum absolute atomic E-state index is 0.491. The van der Waals surface area contributed by atoms with Crippen LogP contribution in [0.2, 0.25) is 10.0 Å². The first-order valence-corrected chi connectivity index (χ1v) is 5.12. The average Bonchev–Trinajstić information content (AvgIpc) is 2.04. The van der Waals surface area contributed by atoms with Crippen molar-refractivity contribution in [2.75, 3.05) is 5.88 Å². The molecular formula is C10H9Cl3. The lowest BCUT2D eigenvalue weighted by Crippen LogP contribution is -1.82. The molecule has 0 aliphatic rings. The normalized spacial score (nSPS) is 11.8. The van der Waals surface area contributed by atoms with Crippen molar-refractivity contribution in [3.8, 4) is 0 Å². The van der Waals surface area contributed by atoms with Crippen molar-refractivity contribution >= 4 is 40.4 Å². The molecule has 0 saturated heterocycles. The quantitative estimate of drug-likeness (QED) is 0.655. The standard InChI is InChI=1S/C10H9Cl3/c1-7(4-5-11)9-3-2-8(12)6-10(9)13/h2-4,6H,5H2,1H3. The van der Waals surface area contributed by atoms with E-state index in [0.29, 0.717) is 15.9 Å². The van der Waals surface area contributed by atoms with Crippen molar-refractivity contribution in [1.82, 2.24) is 0 Å². The van der Waals surface area contributed by atoms with Gasteiger partial charge in [-0.15, -0.1) is 11.6 Å². The fourth-order valence-electron chi connectivity index (χ4n) is 1.03. The Labute approximate surface area is 93.1 Å². The van der Waals surface area contributed by atoms with Crippen LogP contribution in [0.4, 0.5) is 0 Å². The molecule has 0 heterocycles. The molecule has 0 aliphatic heterocycles. The molecular weight excluding hydrogens is 226 g/mol. The van der Waals surface area contributed by atoms with E-state index in [1.165, 1.54) is 0 Å². The molecule has 0 radical (unpaired) electrons. The van der Waals surface area contributed by atoms with Crippen LogP contribution in [0.3, 0.4) is 0 Å². The van der Waals surface area contributed by atoms with Crippen LogP contribution in [0.1, 0.15) is 12.5 Å². The van der Waals surface area contributed by atoms with Crippen LogP contribution in [0.15, 0.2) is 24.3 Å². The Hall–Kier alpha value is -0.170. The molecule has 0 aliphatic carbocycles. The van der Waals surface area contributed by atoms with Crippen molar-refractivity contribution in [3.63, 3.8) is 0 Å². The Kier molecular flexibility index (Phi) is 4.11. The van der Waals surface area contributed by atoms with E-state index in [-0.39, 0.29) is 0 Å². The topological polar surface area (TPSA) is 0 Å². The minimum Gasteiger partial charge on any atom is -0.122 e. The number of alkyl halides is 1. The Morgan fingerprint density at radius 1 is 1.38 bits per heavy atom. The molecule has 70 valence electrons. The van der Waals surface area contributed by atoms with Crippen LogP contribution < -0.4 is 0 Å². The Morgan fingerprint density at radius 2 is 2.08 bits per heavy atom. The second-order valence-electron chi connectivity index (χ2n) is 2.67. The molecule has 0 N–H and O–H groups in total. The fourth-order valence-corrected chi connectivity index (χ4v) is 1.82. The average molecular weight is 236 g/mol. The smallest absolute Gasteiger partial charge is 0.0495 e. The largest absolute Gasteiger partial charge is 0.122 e. The molecule has 1 aromatic carbocycles. The van der Waals surface area contributed by atoms with Gasteiger partial charge in [0.2, 0.25) is 0 Å². The fraction of sp³-hybridized carbons (Fsp3) is 0.200. The van der Waals surface area contributed by atoms with Crippen molar-refractivity contribution in [2.45, 2.75) is 6.92 Å². The monoisotopic (exact) mass is 234 g/mol. The highest BCUT2D eigenvalue weighted by Gasteiger charge is 2.01. The van der Waals surface area contributed by atoms with Crippen molar-refractivity contribution in [3.05, 3.63) is 39.9 Å². The summed E-state index contributed by atoms with van der Waals surface area (Å²) in [5, 5.41) is 1.30. The Balaban J connectivity index is 3.09. The molecule has 0 spiro atoms. The summed E-state index contributed by atoms with van der Waals surface area (Å²) in [4.78, 5) is 0. The molecule has 0 nitrogen and oxygen atoms in total. The Bertz CT molecular complexity index is 329. The molecule has 0 saturated carbocycles. The number of hydrogen-bond acceptors (Lipinski definition) is 0. The van der Waals surface area contributed by atoms with Crippen LogP contribution in [-0.4, -0.2) is 5.88 Å². The minimum atomic E-state index is 0.491. The van der Waals surface area contributed by atoms with Crippen LogP contribution in [0, 0.1) is 0 Å². The zero-order valence-corrected chi connectivity index (χ0v) is 9.42. The predicted molar refractivity (Wildman–Crippen MR) is 60.8 cm³/mol. The highest BCUT2D eigenvalue weighted by atomic mass is 35.5. The summed E-state index contributed by atoms with van der Waals surface area (Å²) >= 11 is 17.3. The first-order chi connectivity index (χ1) is 6.15. The van der Waals surface area contributed by atoms with Gasteiger partial charge < -0.3 is 0 Å². The SMILES string of the molecule is CC(=CCCl)c1ccc(Cl)cc1Cl. The zero-order valence-electron chi connectivity index (χ0n) is 7.15. The van der Waals surface area contributed by atoms with E-state index in [4.69, 9.17) is 34.8 Å². The predicted octanol–water partition coefficient (Wildman–Crippen LogP) is 4.64. The number of benzene rings is 1. The molecule has 13 heavy (non-hydrogen) atoms. The van der Waals surface area contributed by atoms with E-state index < -0.39 is 0 Å². The third-order valence-corrected chi connectivity index (χ3v) is 2.44. The molecule has 0 unspecified atom stereocenters. The van der Waals surface area contributed by atoms with E-state index in [2.05, 4.69) is 0 Å². The first kappa shape index (κ1) is 10.9. The first-order valence-electron chi connectivity index (χ1n) is 3.83. The Morgan fingerprint density at radius 3 is 2.62 bits per heavy atom. The van der Waals surface area contributed by atoms with E-state index in [0.717, 1.165) is 11.1 Å². The van der Waals surface area contributed by atoms with Gasteiger partial charge in [-0.1, -0.05) is 35.3 Å². The molecule has 0 atom stereocenters. The summed E-state index contributed by atoms with van der Waals surface area (Å²) in [6.07, 6.45) is 1.91. The maximum absolute atomic E-state index is 5.99. The molecule has 0 aromatic heterocycles. The van der Waals surface area contributed by atoms with Crippen molar-refractivity contribution in [1.29, 1.82) is 0 Å².